The van der Waals surface area contributed by atoms with E-state index in [2.05, 4.69) is 34.2 Å². The lowest BCUT2D eigenvalue weighted by Crippen LogP contribution is -2.18. The number of ether oxygens (including phenoxy) is 1. The van der Waals surface area contributed by atoms with E-state index in [1.807, 2.05) is 18.2 Å². The van der Waals surface area contributed by atoms with Crippen molar-refractivity contribution in [2.45, 2.75) is 19.4 Å². The summed E-state index contributed by atoms with van der Waals surface area (Å²) in [5.41, 5.74) is 2.04. The molecule has 2 aromatic carbocycles. The molecule has 2 aromatic rings. The van der Waals surface area contributed by atoms with Crippen LogP contribution in [0.3, 0.4) is 0 Å². The third-order valence-corrected chi connectivity index (χ3v) is 3.66. The number of halogens is 2. The van der Waals surface area contributed by atoms with E-state index in [0.29, 0.717) is 4.47 Å². The SMILES string of the molecule is COc1ccccc1CC(C)Nc1ccc(F)c(Br)c1. The number of hydrogen-bond donors (Lipinski definition) is 1. The van der Waals surface area contributed by atoms with Gasteiger partial charge >= 0.3 is 0 Å². The number of methoxy groups -OCH3 is 1. The van der Waals surface area contributed by atoms with E-state index in [4.69, 9.17) is 4.74 Å². The summed E-state index contributed by atoms with van der Waals surface area (Å²) in [6.07, 6.45) is 0.832. The van der Waals surface area contributed by atoms with Gasteiger partial charge in [0.1, 0.15) is 11.6 Å². The summed E-state index contributed by atoms with van der Waals surface area (Å²) in [6, 6.07) is 13.1. The summed E-state index contributed by atoms with van der Waals surface area (Å²) < 4.78 is 19.0. The first-order chi connectivity index (χ1) is 9.60. The van der Waals surface area contributed by atoms with E-state index in [0.717, 1.165) is 23.4 Å². The predicted molar refractivity (Wildman–Crippen MR) is 83.9 cm³/mol. The smallest absolute Gasteiger partial charge is 0.137 e. The fourth-order valence-electron chi connectivity index (χ4n) is 2.12. The zero-order chi connectivity index (χ0) is 14.5. The first-order valence-corrected chi connectivity index (χ1v) is 7.23. The summed E-state index contributed by atoms with van der Waals surface area (Å²) >= 11 is 3.19. The van der Waals surface area contributed by atoms with Gasteiger partial charge in [0, 0.05) is 11.7 Å². The molecule has 0 radical (unpaired) electrons. The number of benzene rings is 2. The van der Waals surface area contributed by atoms with Gasteiger partial charge in [-0.3, -0.25) is 0 Å². The van der Waals surface area contributed by atoms with Gasteiger partial charge in [-0.2, -0.15) is 0 Å². The Morgan fingerprint density at radius 1 is 1.25 bits per heavy atom. The molecule has 1 N–H and O–H groups in total. The maximum Gasteiger partial charge on any atom is 0.137 e. The van der Waals surface area contributed by atoms with E-state index in [1.165, 1.54) is 6.07 Å². The van der Waals surface area contributed by atoms with Crippen LogP contribution in [0.1, 0.15) is 12.5 Å². The molecule has 0 aliphatic heterocycles. The Morgan fingerprint density at radius 2 is 2.00 bits per heavy atom. The highest BCUT2D eigenvalue weighted by Gasteiger charge is 2.09. The number of anilines is 1. The fraction of sp³-hybridized carbons (Fsp3) is 0.250. The van der Waals surface area contributed by atoms with Crippen molar-refractivity contribution in [3.8, 4) is 5.75 Å². The lowest BCUT2D eigenvalue weighted by Gasteiger charge is -2.17. The van der Waals surface area contributed by atoms with Crippen molar-refractivity contribution in [3.63, 3.8) is 0 Å². The highest BCUT2D eigenvalue weighted by Crippen LogP contribution is 2.23. The molecule has 2 nitrogen and oxygen atoms in total. The van der Waals surface area contributed by atoms with Crippen molar-refractivity contribution in [3.05, 3.63) is 58.3 Å². The van der Waals surface area contributed by atoms with Crippen LogP contribution in [-0.4, -0.2) is 13.2 Å². The topological polar surface area (TPSA) is 21.3 Å². The van der Waals surface area contributed by atoms with Crippen molar-refractivity contribution in [1.82, 2.24) is 0 Å². The van der Waals surface area contributed by atoms with Crippen LogP contribution >= 0.6 is 15.9 Å². The van der Waals surface area contributed by atoms with Crippen LogP contribution in [0.5, 0.6) is 5.75 Å². The van der Waals surface area contributed by atoms with E-state index in [1.54, 1.807) is 19.2 Å². The molecule has 0 aromatic heterocycles. The van der Waals surface area contributed by atoms with Crippen LogP contribution in [0, 0.1) is 5.82 Å². The van der Waals surface area contributed by atoms with Crippen LogP contribution in [0.25, 0.3) is 0 Å². The highest BCUT2D eigenvalue weighted by molar-refractivity contribution is 9.10. The van der Waals surface area contributed by atoms with Crippen LogP contribution in [0.4, 0.5) is 10.1 Å². The maximum absolute atomic E-state index is 13.2. The normalized spacial score (nSPS) is 12.0. The van der Waals surface area contributed by atoms with Gasteiger partial charge in [-0.05, 0) is 59.1 Å². The Bertz CT molecular complexity index is 588. The minimum absolute atomic E-state index is 0.212. The lowest BCUT2D eigenvalue weighted by molar-refractivity contribution is 0.409. The van der Waals surface area contributed by atoms with Crippen molar-refractivity contribution < 1.29 is 9.13 Å². The van der Waals surface area contributed by atoms with Crippen LogP contribution in [0.15, 0.2) is 46.9 Å². The average Bonchev–Trinajstić information content (AvgIpc) is 2.43. The molecule has 106 valence electrons. The Kier molecular flexibility index (Phi) is 5.01. The Morgan fingerprint density at radius 3 is 2.70 bits per heavy atom. The van der Waals surface area contributed by atoms with E-state index < -0.39 is 0 Å². The molecular weight excluding hydrogens is 321 g/mol. The van der Waals surface area contributed by atoms with Gasteiger partial charge in [0.15, 0.2) is 0 Å². The van der Waals surface area contributed by atoms with Crippen molar-refractivity contribution >= 4 is 21.6 Å². The average molecular weight is 338 g/mol. The lowest BCUT2D eigenvalue weighted by atomic mass is 10.1. The predicted octanol–water partition coefficient (Wildman–Crippen LogP) is 4.64. The molecule has 4 heteroatoms. The van der Waals surface area contributed by atoms with Gasteiger partial charge in [-0.25, -0.2) is 4.39 Å². The molecule has 0 fully saturated rings. The van der Waals surface area contributed by atoms with Crippen LogP contribution < -0.4 is 10.1 Å². The third-order valence-electron chi connectivity index (χ3n) is 3.05. The zero-order valence-corrected chi connectivity index (χ0v) is 13.1. The second-order valence-electron chi connectivity index (χ2n) is 4.69. The van der Waals surface area contributed by atoms with E-state index in [-0.39, 0.29) is 11.9 Å². The van der Waals surface area contributed by atoms with E-state index in [9.17, 15) is 4.39 Å². The molecule has 0 spiro atoms. The Labute approximate surface area is 127 Å². The summed E-state index contributed by atoms with van der Waals surface area (Å²) in [5.74, 6) is 0.634. The number of para-hydroxylation sites is 1. The maximum atomic E-state index is 13.2. The van der Waals surface area contributed by atoms with Gasteiger partial charge in [0.2, 0.25) is 0 Å². The first kappa shape index (κ1) is 14.9. The van der Waals surface area contributed by atoms with Gasteiger partial charge in [0.25, 0.3) is 0 Å². The first-order valence-electron chi connectivity index (χ1n) is 6.43. The summed E-state index contributed by atoms with van der Waals surface area (Å²) in [7, 11) is 1.67. The number of rotatable bonds is 5. The largest absolute Gasteiger partial charge is 0.496 e. The zero-order valence-electron chi connectivity index (χ0n) is 11.5. The van der Waals surface area contributed by atoms with Gasteiger partial charge in [0.05, 0.1) is 11.6 Å². The summed E-state index contributed by atoms with van der Waals surface area (Å²) in [4.78, 5) is 0. The second kappa shape index (κ2) is 6.75. The van der Waals surface area contributed by atoms with Gasteiger partial charge < -0.3 is 10.1 Å². The molecule has 0 aliphatic carbocycles. The van der Waals surface area contributed by atoms with Crippen molar-refractivity contribution in [2.75, 3.05) is 12.4 Å². The Hall–Kier alpha value is -1.55. The molecule has 20 heavy (non-hydrogen) atoms. The quantitative estimate of drug-likeness (QED) is 0.858. The molecule has 0 saturated carbocycles. The van der Waals surface area contributed by atoms with Crippen LogP contribution in [-0.2, 0) is 6.42 Å². The molecule has 0 aliphatic rings. The molecule has 0 bridgehead atoms. The van der Waals surface area contributed by atoms with Gasteiger partial charge in [-0.1, -0.05) is 18.2 Å². The molecule has 0 saturated heterocycles. The number of nitrogens with one attached hydrogen (secondary N) is 1. The standard InChI is InChI=1S/C16H17BrFNO/c1-11(9-12-5-3-4-6-16(12)20-2)19-13-7-8-15(18)14(17)10-13/h3-8,10-11,19H,9H2,1-2H3. The van der Waals surface area contributed by atoms with Gasteiger partial charge in [-0.15, -0.1) is 0 Å². The second-order valence-corrected chi connectivity index (χ2v) is 5.54. The van der Waals surface area contributed by atoms with Crippen LogP contribution in [0.2, 0.25) is 0 Å². The molecule has 1 atom stereocenters. The fourth-order valence-corrected chi connectivity index (χ4v) is 2.50. The van der Waals surface area contributed by atoms with Crippen molar-refractivity contribution in [2.24, 2.45) is 0 Å². The highest BCUT2D eigenvalue weighted by atomic mass is 79.9. The van der Waals surface area contributed by atoms with E-state index >= 15 is 0 Å². The minimum atomic E-state index is -0.257. The molecule has 0 heterocycles. The Balaban J connectivity index is 2.05. The molecule has 1 unspecified atom stereocenters. The molecule has 0 amide bonds. The molecule has 2 rings (SSSR count). The number of hydrogen-bond acceptors (Lipinski definition) is 2. The summed E-state index contributed by atoms with van der Waals surface area (Å²) in [6.45, 7) is 2.09. The minimum Gasteiger partial charge on any atom is -0.496 e. The summed E-state index contributed by atoms with van der Waals surface area (Å²) in [5, 5.41) is 3.36. The third kappa shape index (κ3) is 3.73. The molecular formula is C16H17BrFNO. The monoisotopic (exact) mass is 337 g/mol. The van der Waals surface area contributed by atoms with Crippen molar-refractivity contribution in [1.29, 1.82) is 0 Å².